The molecule has 0 bridgehead atoms. The summed E-state index contributed by atoms with van der Waals surface area (Å²) < 4.78 is 36.0. The van der Waals surface area contributed by atoms with Gasteiger partial charge in [0, 0.05) is 19.6 Å². The molecule has 1 N–H and O–H groups in total. The van der Waals surface area contributed by atoms with Crippen molar-refractivity contribution < 1.29 is 18.3 Å². The Bertz CT molecular complexity index is 150. The van der Waals surface area contributed by atoms with Crippen molar-refractivity contribution in [2.24, 2.45) is 0 Å². The number of nitrogens with zero attached hydrogens (tertiary/aromatic N) is 2. The van der Waals surface area contributed by atoms with E-state index in [0.717, 1.165) is 0 Å². The van der Waals surface area contributed by atoms with Crippen LogP contribution < -0.4 is 0 Å². The number of aliphatic hydroxyl groups excluding tert-OH is 1. The SMILES string of the molecule is CN(C)CCN(CCO)CC(F)(F)F. The highest BCUT2D eigenvalue weighted by atomic mass is 19.4. The quantitative estimate of drug-likeness (QED) is 0.693. The van der Waals surface area contributed by atoms with Gasteiger partial charge in [0.05, 0.1) is 13.2 Å². The minimum atomic E-state index is -4.19. The molecule has 0 heterocycles. The number of aliphatic hydroxyl groups is 1. The number of hydrogen-bond acceptors (Lipinski definition) is 3. The zero-order chi connectivity index (χ0) is 11.2. The lowest BCUT2D eigenvalue weighted by molar-refractivity contribution is -0.147. The first kappa shape index (κ1) is 13.7. The predicted octanol–water partition coefficient (Wildman–Crippen LogP) is 0.405. The van der Waals surface area contributed by atoms with Crippen LogP contribution in [0.4, 0.5) is 13.2 Å². The maximum atomic E-state index is 12.0. The number of likely N-dealkylation sites (N-methyl/N-ethyl adjacent to an activating group) is 1. The molecule has 0 saturated heterocycles. The summed E-state index contributed by atoms with van der Waals surface area (Å²) in [5.41, 5.74) is 0. The summed E-state index contributed by atoms with van der Waals surface area (Å²) >= 11 is 0. The lowest BCUT2D eigenvalue weighted by Crippen LogP contribution is -2.40. The van der Waals surface area contributed by atoms with E-state index < -0.39 is 12.7 Å². The number of halogens is 3. The fraction of sp³-hybridized carbons (Fsp3) is 1.00. The van der Waals surface area contributed by atoms with Crippen LogP contribution in [0.15, 0.2) is 0 Å². The molecule has 0 amide bonds. The Morgan fingerprint density at radius 3 is 2.00 bits per heavy atom. The summed E-state index contributed by atoms with van der Waals surface area (Å²) in [6.45, 7) is -0.276. The minimum absolute atomic E-state index is 0.0628. The van der Waals surface area contributed by atoms with Crippen LogP contribution in [0.1, 0.15) is 0 Å². The predicted molar refractivity (Wildman–Crippen MR) is 48.1 cm³/mol. The Morgan fingerprint density at radius 1 is 1.07 bits per heavy atom. The van der Waals surface area contributed by atoms with Crippen molar-refractivity contribution in [3.63, 3.8) is 0 Å². The average Bonchev–Trinajstić information content (AvgIpc) is 1.98. The zero-order valence-electron chi connectivity index (χ0n) is 8.51. The zero-order valence-corrected chi connectivity index (χ0v) is 8.51. The van der Waals surface area contributed by atoms with Gasteiger partial charge in [-0.15, -0.1) is 0 Å². The topological polar surface area (TPSA) is 26.7 Å². The molecule has 0 radical (unpaired) electrons. The smallest absolute Gasteiger partial charge is 0.395 e. The Hall–Kier alpha value is -0.330. The van der Waals surface area contributed by atoms with Gasteiger partial charge in [0.2, 0.25) is 0 Å². The Balaban J connectivity index is 3.89. The van der Waals surface area contributed by atoms with Crippen LogP contribution in [-0.4, -0.2) is 68.0 Å². The molecule has 3 nitrogen and oxygen atoms in total. The Labute approximate surface area is 82.1 Å². The van der Waals surface area contributed by atoms with Gasteiger partial charge < -0.3 is 10.0 Å². The highest BCUT2D eigenvalue weighted by molar-refractivity contribution is 4.64. The Kier molecular flexibility index (Phi) is 6.06. The summed E-state index contributed by atoms with van der Waals surface area (Å²) in [5, 5.41) is 8.58. The van der Waals surface area contributed by atoms with Crippen LogP contribution in [0, 0.1) is 0 Å². The van der Waals surface area contributed by atoms with Crippen molar-refractivity contribution in [2.75, 3.05) is 46.9 Å². The standard InChI is InChI=1S/C8H17F3N2O/c1-12(2)3-4-13(5-6-14)7-8(9,10)11/h14H,3-7H2,1-2H3. The second kappa shape index (κ2) is 6.21. The first-order chi connectivity index (χ1) is 6.35. The number of hydrogen-bond donors (Lipinski definition) is 1. The summed E-state index contributed by atoms with van der Waals surface area (Å²) in [6, 6.07) is 0. The first-order valence-electron chi connectivity index (χ1n) is 4.40. The van der Waals surface area contributed by atoms with Crippen LogP contribution in [0.5, 0.6) is 0 Å². The lowest BCUT2D eigenvalue weighted by atomic mass is 10.4. The van der Waals surface area contributed by atoms with E-state index in [1.807, 2.05) is 0 Å². The second-order valence-electron chi connectivity index (χ2n) is 3.42. The van der Waals surface area contributed by atoms with Gasteiger partial charge in [-0.05, 0) is 14.1 Å². The van der Waals surface area contributed by atoms with E-state index in [-0.39, 0.29) is 13.2 Å². The van der Waals surface area contributed by atoms with Gasteiger partial charge in [-0.25, -0.2) is 0 Å². The molecule has 0 aromatic rings. The van der Waals surface area contributed by atoms with E-state index in [4.69, 9.17) is 5.11 Å². The average molecular weight is 214 g/mol. The van der Waals surface area contributed by atoms with Crippen LogP contribution >= 0.6 is 0 Å². The van der Waals surface area contributed by atoms with E-state index in [9.17, 15) is 13.2 Å². The first-order valence-corrected chi connectivity index (χ1v) is 4.40. The molecular formula is C8H17F3N2O. The van der Waals surface area contributed by atoms with Crippen LogP contribution in [-0.2, 0) is 0 Å². The largest absolute Gasteiger partial charge is 0.401 e. The van der Waals surface area contributed by atoms with Gasteiger partial charge in [-0.1, -0.05) is 0 Å². The van der Waals surface area contributed by atoms with Crippen LogP contribution in [0.3, 0.4) is 0 Å². The normalized spacial score (nSPS) is 12.9. The fourth-order valence-electron chi connectivity index (χ4n) is 1.01. The van der Waals surface area contributed by atoms with Crippen LogP contribution in [0.2, 0.25) is 0 Å². The molecule has 0 atom stereocenters. The minimum Gasteiger partial charge on any atom is -0.395 e. The van der Waals surface area contributed by atoms with E-state index in [2.05, 4.69) is 0 Å². The van der Waals surface area contributed by atoms with Gasteiger partial charge in [0.25, 0.3) is 0 Å². The fourth-order valence-corrected chi connectivity index (χ4v) is 1.01. The van der Waals surface area contributed by atoms with Crippen molar-refractivity contribution in [3.05, 3.63) is 0 Å². The molecule has 0 rings (SSSR count). The van der Waals surface area contributed by atoms with E-state index >= 15 is 0 Å². The molecule has 6 heteroatoms. The van der Waals surface area contributed by atoms with E-state index in [0.29, 0.717) is 13.1 Å². The van der Waals surface area contributed by atoms with Gasteiger partial charge in [-0.2, -0.15) is 13.2 Å². The molecule has 0 spiro atoms. The molecule has 0 aromatic carbocycles. The van der Waals surface area contributed by atoms with Gasteiger partial charge in [0.15, 0.2) is 0 Å². The van der Waals surface area contributed by atoms with Crippen molar-refractivity contribution in [1.82, 2.24) is 9.80 Å². The monoisotopic (exact) mass is 214 g/mol. The third kappa shape index (κ3) is 8.28. The van der Waals surface area contributed by atoms with Crippen molar-refractivity contribution in [2.45, 2.75) is 6.18 Å². The van der Waals surface area contributed by atoms with Crippen molar-refractivity contribution >= 4 is 0 Å². The highest BCUT2D eigenvalue weighted by Crippen LogP contribution is 2.15. The van der Waals surface area contributed by atoms with Crippen LogP contribution in [0.25, 0.3) is 0 Å². The summed E-state index contributed by atoms with van der Waals surface area (Å²) in [5.74, 6) is 0. The Morgan fingerprint density at radius 2 is 1.64 bits per heavy atom. The molecule has 0 unspecified atom stereocenters. The molecule has 0 saturated carbocycles. The van der Waals surface area contributed by atoms with E-state index in [1.54, 1.807) is 19.0 Å². The van der Waals surface area contributed by atoms with Gasteiger partial charge >= 0.3 is 6.18 Å². The summed E-state index contributed by atoms with van der Waals surface area (Å²) in [4.78, 5) is 3.00. The number of rotatable bonds is 6. The molecule has 0 fully saturated rings. The molecule has 0 aliphatic rings. The van der Waals surface area contributed by atoms with Crippen molar-refractivity contribution in [3.8, 4) is 0 Å². The van der Waals surface area contributed by atoms with Gasteiger partial charge in [-0.3, -0.25) is 4.90 Å². The second-order valence-corrected chi connectivity index (χ2v) is 3.42. The maximum Gasteiger partial charge on any atom is 0.401 e. The molecular weight excluding hydrogens is 197 g/mol. The highest BCUT2D eigenvalue weighted by Gasteiger charge is 2.30. The molecule has 14 heavy (non-hydrogen) atoms. The maximum absolute atomic E-state index is 12.0. The van der Waals surface area contributed by atoms with Gasteiger partial charge in [0.1, 0.15) is 0 Å². The molecule has 0 aromatic heterocycles. The van der Waals surface area contributed by atoms with E-state index in [1.165, 1.54) is 4.90 Å². The third-order valence-corrected chi connectivity index (χ3v) is 1.68. The van der Waals surface area contributed by atoms with Crippen molar-refractivity contribution in [1.29, 1.82) is 0 Å². The lowest BCUT2D eigenvalue weighted by Gasteiger charge is -2.24. The summed E-state index contributed by atoms with van der Waals surface area (Å²) in [6.07, 6.45) is -4.19. The summed E-state index contributed by atoms with van der Waals surface area (Å²) in [7, 11) is 3.59. The third-order valence-electron chi connectivity index (χ3n) is 1.68. The molecule has 0 aliphatic heterocycles. The molecule has 0 aliphatic carbocycles. The number of alkyl halides is 3. The molecule has 86 valence electrons.